The second kappa shape index (κ2) is 13.4. The zero-order valence-electron chi connectivity index (χ0n) is 30.3. The van der Waals surface area contributed by atoms with E-state index < -0.39 is 0 Å². The smallest absolute Gasteiger partial charge is 0.164 e. The van der Waals surface area contributed by atoms with Crippen molar-refractivity contribution in [2.75, 3.05) is 0 Å². The topological polar surface area (TPSA) is 51.8 Å². The van der Waals surface area contributed by atoms with E-state index in [9.17, 15) is 0 Å². The van der Waals surface area contributed by atoms with Gasteiger partial charge in [-0.1, -0.05) is 146 Å². The van der Waals surface area contributed by atoms with Crippen LogP contribution in [0.2, 0.25) is 0 Å². The summed E-state index contributed by atoms with van der Waals surface area (Å²) in [5, 5.41) is 3.27. The molecule has 0 amide bonds. The lowest BCUT2D eigenvalue weighted by Crippen LogP contribution is -2.06. The van der Waals surface area contributed by atoms with E-state index in [4.69, 9.17) is 19.4 Å². The summed E-state index contributed by atoms with van der Waals surface area (Å²) in [5.41, 5.74) is 12.7. The van der Waals surface area contributed by atoms with Gasteiger partial charge in [0.15, 0.2) is 17.5 Å². The lowest BCUT2D eigenvalue weighted by Gasteiger charge is -2.16. The maximum Gasteiger partial charge on any atom is 0.164 e. The molecule has 0 spiro atoms. The molecule has 5 heteroatoms. The number of hydrogen-bond donors (Lipinski definition) is 0. The van der Waals surface area contributed by atoms with Crippen LogP contribution in [-0.2, 0) is 6.42 Å². The van der Waals surface area contributed by atoms with Gasteiger partial charge in [-0.25, -0.2) is 15.0 Å². The Morgan fingerprint density at radius 3 is 1.88 bits per heavy atom. The van der Waals surface area contributed by atoms with Gasteiger partial charge < -0.3 is 4.42 Å². The third-order valence-corrected chi connectivity index (χ3v) is 12.1. The van der Waals surface area contributed by atoms with Crippen molar-refractivity contribution in [3.8, 4) is 56.2 Å². The van der Waals surface area contributed by atoms with E-state index in [1.54, 1.807) is 0 Å². The Labute approximate surface area is 328 Å². The van der Waals surface area contributed by atoms with Crippen molar-refractivity contribution in [3.05, 3.63) is 192 Å². The molecule has 0 radical (unpaired) electrons. The molecule has 56 heavy (non-hydrogen) atoms. The van der Waals surface area contributed by atoms with E-state index in [2.05, 4.69) is 158 Å². The molecule has 0 saturated heterocycles. The molecule has 0 aliphatic heterocycles. The molecule has 10 aromatic rings. The molecule has 1 aliphatic rings. The maximum atomic E-state index is 6.52. The van der Waals surface area contributed by atoms with Crippen LogP contribution in [-0.4, -0.2) is 15.0 Å². The van der Waals surface area contributed by atoms with Crippen LogP contribution < -0.4 is 0 Å². The molecule has 11 rings (SSSR count). The van der Waals surface area contributed by atoms with Gasteiger partial charge in [-0.3, -0.25) is 0 Å². The number of fused-ring (bicyclic) bond motifs is 6. The quantitative estimate of drug-likeness (QED) is 0.171. The molecule has 264 valence electrons. The second-order valence-electron chi connectivity index (χ2n) is 14.2. The monoisotopic (exact) mass is 735 g/mol. The van der Waals surface area contributed by atoms with Gasteiger partial charge in [0.05, 0.1) is 0 Å². The fourth-order valence-electron chi connectivity index (χ4n) is 8.11. The predicted molar refractivity (Wildman–Crippen MR) is 232 cm³/mol. The molecule has 3 aromatic heterocycles. The standard InChI is InChI=1S/C51H33N3OS/c1-3-12-32(13-4-1)34-24-26-35(27-25-34)49-52-50(54-51(53-49)41-20-11-23-46-48(41)39-18-7-8-22-45(39)56-46)40-19-10-21-44-47(40)42-31-38(28-29-43(42)55-44)37-17-9-16-36(30-37)33-14-5-2-6-15-33/h1-10,12-22,24-31H,11,23H2. The minimum absolute atomic E-state index is 0.620. The summed E-state index contributed by atoms with van der Waals surface area (Å²) in [6.45, 7) is 0. The second-order valence-corrected chi connectivity index (χ2v) is 15.4. The van der Waals surface area contributed by atoms with Crippen LogP contribution in [0, 0.1) is 0 Å². The zero-order chi connectivity index (χ0) is 37.0. The van der Waals surface area contributed by atoms with Gasteiger partial charge >= 0.3 is 0 Å². The Kier molecular flexibility index (Phi) is 7.78. The fraction of sp³-hybridized carbons (Fsp3) is 0.0392. The molecule has 0 atom stereocenters. The Balaban J connectivity index is 1.09. The summed E-state index contributed by atoms with van der Waals surface area (Å²) in [7, 11) is 0. The van der Waals surface area contributed by atoms with E-state index in [0.717, 1.165) is 68.2 Å². The number of thiophene rings is 1. The summed E-state index contributed by atoms with van der Waals surface area (Å²) in [6, 6.07) is 59.6. The maximum absolute atomic E-state index is 6.52. The highest BCUT2D eigenvalue weighted by molar-refractivity contribution is 7.19. The number of benzene rings is 7. The molecule has 0 saturated carbocycles. The molecular weight excluding hydrogens is 703 g/mol. The first-order valence-corrected chi connectivity index (χ1v) is 19.8. The van der Waals surface area contributed by atoms with Crippen LogP contribution in [0.15, 0.2) is 180 Å². The lowest BCUT2D eigenvalue weighted by atomic mass is 9.94. The Morgan fingerprint density at radius 1 is 0.446 bits per heavy atom. The van der Waals surface area contributed by atoms with Crippen molar-refractivity contribution in [2.24, 2.45) is 0 Å². The molecule has 0 unspecified atom stereocenters. The van der Waals surface area contributed by atoms with Gasteiger partial charge in [0, 0.05) is 48.0 Å². The van der Waals surface area contributed by atoms with Crippen LogP contribution in [0.25, 0.3) is 93.8 Å². The van der Waals surface area contributed by atoms with E-state index in [-0.39, 0.29) is 0 Å². The van der Waals surface area contributed by atoms with Crippen LogP contribution in [0.3, 0.4) is 0 Å². The van der Waals surface area contributed by atoms with Gasteiger partial charge in [-0.15, -0.1) is 11.3 Å². The number of nitrogens with zero attached hydrogens (tertiary/aromatic N) is 3. The van der Waals surface area contributed by atoms with Gasteiger partial charge in [-0.2, -0.15) is 0 Å². The summed E-state index contributed by atoms with van der Waals surface area (Å²) >= 11 is 1.88. The first-order valence-electron chi connectivity index (χ1n) is 19.0. The molecule has 0 N–H and O–H groups in total. The normalized spacial score (nSPS) is 12.6. The van der Waals surface area contributed by atoms with Crippen molar-refractivity contribution in [1.29, 1.82) is 0 Å². The van der Waals surface area contributed by atoms with E-state index in [1.807, 2.05) is 29.5 Å². The highest BCUT2D eigenvalue weighted by Gasteiger charge is 2.25. The van der Waals surface area contributed by atoms with Crippen LogP contribution in [0.1, 0.15) is 22.7 Å². The summed E-state index contributed by atoms with van der Waals surface area (Å²) in [4.78, 5) is 17.2. The molecule has 0 bridgehead atoms. The highest BCUT2D eigenvalue weighted by Crippen LogP contribution is 2.43. The first-order chi connectivity index (χ1) is 27.7. The van der Waals surface area contributed by atoms with Crippen molar-refractivity contribution in [1.82, 2.24) is 15.0 Å². The average molecular weight is 736 g/mol. The van der Waals surface area contributed by atoms with Gasteiger partial charge in [0.1, 0.15) is 11.2 Å². The number of allylic oxidation sites excluding steroid dienone is 1. The van der Waals surface area contributed by atoms with Crippen molar-refractivity contribution >= 4 is 48.9 Å². The van der Waals surface area contributed by atoms with Crippen molar-refractivity contribution < 1.29 is 4.42 Å². The number of furan rings is 1. The zero-order valence-corrected chi connectivity index (χ0v) is 31.1. The number of rotatable bonds is 6. The minimum Gasteiger partial charge on any atom is -0.456 e. The minimum atomic E-state index is 0.620. The summed E-state index contributed by atoms with van der Waals surface area (Å²) in [6.07, 6.45) is 4.26. The Morgan fingerprint density at radius 2 is 1.05 bits per heavy atom. The molecule has 7 aromatic carbocycles. The van der Waals surface area contributed by atoms with E-state index in [1.165, 1.54) is 37.2 Å². The average Bonchev–Trinajstić information content (AvgIpc) is 3.85. The Bertz CT molecular complexity index is 3120. The fourth-order valence-corrected chi connectivity index (χ4v) is 9.34. The summed E-state index contributed by atoms with van der Waals surface area (Å²) in [5.74, 6) is 1.94. The molecule has 4 nitrogen and oxygen atoms in total. The third-order valence-electron chi connectivity index (χ3n) is 10.8. The molecule has 3 heterocycles. The third kappa shape index (κ3) is 5.64. The molecule has 0 fully saturated rings. The SMILES string of the molecule is C1=C(c2nc(-c3ccc(-c4ccccc4)cc3)nc(-c3cccc4oc5ccc(-c6cccc(-c7ccccc7)c6)cc5c34)n2)c2c(sc3ccccc23)CC1. The van der Waals surface area contributed by atoms with Crippen LogP contribution >= 0.6 is 11.3 Å². The number of aryl methyl sites for hydroxylation is 1. The van der Waals surface area contributed by atoms with Crippen LogP contribution in [0.4, 0.5) is 0 Å². The van der Waals surface area contributed by atoms with Gasteiger partial charge in [-0.05, 0) is 76.6 Å². The molecule has 1 aliphatic carbocycles. The van der Waals surface area contributed by atoms with Gasteiger partial charge in [0.2, 0.25) is 0 Å². The molecular formula is C51H33N3OS. The number of aromatic nitrogens is 3. The van der Waals surface area contributed by atoms with Gasteiger partial charge in [0.25, 0.3) is 0 Å². The Hall–Kier alpha value is -6.95. The summed E-state index contributed by atoms with van der Waals surface area (Å²) < 4.78 is 7.81. The largest absolute Gasteiger partial charge is 0.456 e. The number of hydrogen-bond acceptors (Lipinski definition) is 5. The first kappa shape index (κ1) is 32.5. The van der Waals surface area contributed by atoms with E-state index >= 15 is 0 Å². The lowest BCUT2D eigenvalue weighted by molar-refractivity contribution is 0.669. The van der Waals surface area contributed by atoms with E-state index in [0.29, 0.717) is 17.5 Å². The predicted octanol–water partition coefficient (Wildman–Crippen LogP) is 13.7. The highest BCUT2D eigenvalue weighted by atomic mass is 32.1. The van der Waals surface area contributed by atoms with Crippen molar-refractivity contribution in [3.63, 3.8) is 0 Å². The van der Waals surface area contributed by atoms with Crippen molar-refractivity contribution in [2.45, 2.75) is 12.8 Å². The van der Waals surface area contributed by atoms with Crippen LogP contribution in [0.5, 0.6) is 0 Å².